The fraction of sp³-hybridized carbons (Fsp3) is 0.0769. The van der Waals surface area contributed by atoms with E-state index in [-0.39, 0.29) is 10.0 Å². The first-order valence-electron chi connectivity index (χ1n) is 5.39. The third-order valence-electron chi connectivity index (χ3n) is 2.74. The number of nitrogens with two attached hydrogens (primary N) is 1. The van der Waals surface area contributed by atoms with Crippen LogP contribution in [0.4, 0.5) is 13.2 Å². The number of hydrogen-bond donors (Lipinski definition) is 2. The Kier molecular flexibility index (Phi) is 4.24. The van der Waals surface area contributed by atoms with Gasteiger partial charge < -0.3 is 0 Å². The molecule has 0 aliphatic rings. The van der Waals surface area contributed by atoms with E-state index in [9.17, 15) is 13.2 Å². The maximum atomic E-state index is 13.7. The molecule has 2 nitrogen and oxygen atoms in total. The molecule has 1 atom stereocenters. The molecule has 2 rings (SSSR count). The summed E-state index contributed by atoms with van der Waals surface area (Å²) >= 11 is 3.02. The number of hydrogen-bond acceptors (Lipinski definition) is 2. The molecule has 0 aliphatic carbocycles. The van der Waals surface area contributed by atoms with Crippen molar-refractivity contribution in [1.29, 1.82) is 0 Å². The van der Waals surface area contributed by atoms with Crippen LogP contribution >= 0.6 is 15.9 Å². The SMILES string of the molecule is NNC(c1ccc(Br)c(F)c1)c1cccc(F)c1F. The minimum Gasteiger partial charge on any atom is -0.271 e. The minimum absolute atomic E-state index is 0.0178. The number of rotatable bonds is 3. The molecule has 0 saturated heterocycles. The van der Waals surface area contributed by atoms with Crippen molar-refractivity contribution < 1.29 is 13.2 Å². The molecule has 100 valence electrons. The zero-order valence-corrected chi connectivity index (χ0v) is 11.2. The Morgan fingerprint density at radius 2 is 1.79 bits per heavy atom. The molecule has 2 aromatic carbocycles. The zero-order valence-electron chi connectivity index (χ0n) is 9.63. The zero-order chi connectivity index (χ0) is 14.0. The molecule has 0 amide bonds. The molecule has 0 bridgehead atoms. The average Bonchev–Trinajstić information content (AvgIpc) is 2.39. The Labute approximate surface area is 116 Å². The Morgan fingerprint density at radius 3 is 2.42 bits per heavy atom. The lowest BCUT2D eigenvalue weighted by Gasteiger charge is -2.18. The Morgan fingerprint density at radius 1 is 1.05 bits per heavy atom. The van der Waals surface area contributed by atoms with Crippen molar-refractivity contribution in [3.63, 3.8) is 0 Å². The smallest absolute Gasteiger partial charge is 0.163 e. The van der Waals surface area contributed by atoms with E-state index in [0.29, 0.717) is 5.56 Å². The Bertz CT molecular complexity index is 604. The molecule has 1 unspecified atom stereocenters. The molecule has 0 heterocycles. The third-order valence-corrected chi connectivity index (χ3v) is 3.38. The van der Waals surface area contributed by atoms with Gasteiger partial charge in [-0.25, -0.2) is 18.6 Å². The van der Waals surface area contributed by atoms with Gasteiger partial charge in [-0.15, -0.1) is 0 Å². The predicted molar refractivity (Wildman–Crippen MR) is 69.6 cm³/mol. The number of nitrogens with one attached hydrogen (secondary N) is 1. The summed E-state index contributed by atoms with van der Waals surface area (Å²) in [6.45, 7) is 0. The van der Waals surface area contributed by atoms with Crippen molar-refractivity contribution in [1.82, 2.24) is 5.43 Å². The lowest BCUT2D eigenvalue weighted by atomic mass is 9.98. The van der Waals surface area contributed by atoms with Crippen LogP contribution in [0, 0.1) is 17.5 Å². The van der Waals surface area contributed by atoms with Crippen LogP contribution in [0.1, 0.15) is 17.2 Å². The van der Waals surface area contributed by atoms with E-state index in [2.05, 4.69) is 21.4 Å². The topological polar surface area (TPSA) is 38.0 Å². The standard InChI is InChI=1S/C13H10BrF3N2/c14-9-5-4-7(6-11(9)16)13(19-18)8-2-1-3-10(15)12(8)17/h1-6,13,19H,18H2. The van der Waals surface area contributed by atoms with Gasteiger partial charge in [-0.3, -0.25) is 5.84 Å². The predicted octanol–water partition coefficient (Wildman–Crippen LogP) is 3.42. The highest BCUT2D eigenvalue weighted by atomic mass is 79.9. The summed E-state index contributed by atoms with van der Waals surface area (Å²) in [6, 6.07) is 7.19. The van der Waals surface area contributed by atoms with Crippen molar-refractivity contribution >= 4 is 15.9 Å². The second kappa shape index (κ2) is 5.73. The molecular formula is C13H10BrF3N2. The first-order valence-corrected chi connectivity index (χ1v) is 6.19. The van der Waals surface area contributed by atoms with E-state index < -0.39 is 23.5 Å². The maximum absolute atomic E-state index is 13.7. The molecule has 0 fully saturated rings. The van der Waals surface area contributed by atoms with Crippen molar-refractivity contribution in [2.75, 3.05) is 0 Å². The van der Waals surface area contributed by atoms with Gasteiger partial charge in [0.2, 0.25) is 0 Å². The number of halogens is 4. The van der Waals surface area contributed by atoms with Gasteiger partial charge in [-0.1, -0.05) is 18.2 Å². The molecule has 0 spiro atoms. The van der Waals surface area contributed by atoms with Crippen molar-refractivity contribution in [2.24, 2.45) is 5.84 Å². The van der Waals surface area contributed by atoms with E-state index in [1.165, 1.54) is 24.3 Å². The van der Waals surface area contributed by atoms with Gasteiger partial charge in [0.25, 0.3) is 0 Å². The summed E-state index contributed by atoms with van der Waals surface area (Å²) in [6.07, 6.45) is 0. The summed E-state index contributed by atoms with van der Waals surface area (Å²) in [5.74, 6) is 2.88. The molecule has 3 N–H and O–H groups in total. The number of hydrazine groups is 1. The molecule has 2 aromatic rings. The third kappa shape index (κ3) is 2.80. The van der Waals surface area contributed by atoms with Crippen LogP contribution in [0.2, 0.25) is 0 Å². The first kappa shape index (κ1) is 14.0. The van der Waals surface area contributed by atoms with E-state index >= 15 is 0 Å². The summed E-state index contributed by atoms with van der Waals surface area (Å²) < 4.78 is 40.7. The van der Waals surface area contributed by atoms with Crippen LogP contribution in [0.15, 0.2) is 40.9 Å². The van der Waals surface area contributed by atoms with E-state index in [1.807, 2.05) is 0 Å². The molecular weight excluding hydrogens is 321 g/mol. The first-order chi connectivity index (χ1) is 9.04. The van der Waals surface area contributed by atoms with Crippen molar-refractivity contribution in [2.45, 2.75) is 6.04 Å². The molecule has 6 heteroatoms. The highest BCUT2D eigenvalue weighted by molar-refractivity contribution is 9.10. The highest BCUT2D eigenvalue weighted by Crippen LogP contribution is 2.27. The largest absolute Gasteiger partial charge is 0.271 e. The van der Waals surface area contributed by atoms with E-state index in [0.717, 1.165) is 6.07 Å². The number of benzene rings is 2. The van der Waals surface area contributed by atoms with Crippen LogP contribution < -0.4 is 11.3 Å². The molecule has 19 heavy (non-hydrogen) atoms. The van der Waals surface area contributed by atoms with Gasteiger partial charge in [0.05, 0.1) is 10.5 Å². The maximum Gasteiger partial charge on any atom is 0.163 e. The fourth-order valence-corrected chi connectivity index (χ4v) is 2.05. The van der Waals surface area contributed by atoms with Gasteiger partial charge in [-0.2, -0.15) is 0 Å². The van der Waals surface area contributed by atoms with E-state index in [1.54, 1.807) is 6.07 Å². The molecule has 0 aromatic heterocycles. The van der Waals surface area contributed by atoms with Crippen LogP contribution in [0.5, 0.6) is 0 Å². The summed E-state index contributed by atoms with van der Waals surface area (Å²) in [7, 11) is 0. The highest BCUT2D eigenvalue weighted by Gasteiger charge is 2.19. The summed E-state index contributed by atoms with van der Waals surface area (Å²) in [5, 5.41) is 0. The summed E-state index contributed by atoms with van der Waals surface area (Å²) in [4.78, 5) is 0. The minimum atomic E-state index is -1.01. The van der Waals surface area contributed by atoms with Gasteiger partial charge in [-0.05, 0) is 39.7 Å². The van der Waals surface area contributed by atoms with Gasteiger partial charge in [0.15, 0.2) is 11.6 Å². The summed E-state index contributed by atoms with van der Waals surface area (Å²) in [5.41, 5.74) is 2.77. The van der Waals surface area contributed by atoms with Crippen LogP contribution in [-0.2, 0) is 0 Å². The van der Waals surface area contributed by atoms with E-state index in [4.69, 9.17) is 5.84 Å². The fourth-order valence-electron chi connectivity index (χ4n) is 1.80. The van der Waals surface area contributed by atoms with Crippen LogP contribution in [0.25, 0.3) is 0 Å². The molecule has 0 radical (unpaired) electrons. The van der Waals surface area contributed by atoms with Crippen molar-refractivity contribution in [3.8, 4) is 0 Å². The molecule has 0 saturated carbocycles. The molecule has 0 aliphatic heterocycles. The van der Waals surface area contributed by atoms with Gasteiger partial charge >= 0.3 is 0 Å². The second-order valence-electron chi connectivity index (χ2n) is 3.92. The normalized spacial score (nSPS) is 12.5. The van der Waals surface area contributed by atoms with Gasteiger partial charge in [0.1, 0.15) is 5.82 Å². The lowest BCUT2D eigenvalue weighted by Crippen LogP contribution is -2.29. The second-order valence-corrected chi connectivity index (χ2v) is 4.77. The van der Waals surface area contributed by atoms with Crippen molar-refractivity contribution in [3.05, 3.63) is 69.4 Å². The van der Waals surface area contributed by atoms with Crippen LogP contribution in [0.3, 0.4) is 0 Å². The van der Waals surface area contributed by atoms with Gasteiger partial charge in [0, 0.05) is 5.56 Å². The Balaban J connectivity index is 2.50. The van der Waals surface area contributed by atoms with Crippen LogP contribution in [-0.4, -0.2) is 0 Å². The Hall–Kier alpha value is -1.37. The monoisotopic (exact) mass is 330 g/mol. The average molecular weight is 331 g/mol. The quantitative estimate of drug-likeness (QED) is 0.668. The lowest BCUT2D eigenvalue weighted by molar-refractivity contribution is 0.482.